The van der Waals surface area contributed by atoms with Crippen LogP contribution in [0.1, 0.15) is 44.9 Å². The van der Waals surface area contributed by atoms with E-state index in [1.165, 1.54) is 12.8 Å². The molecule has 1 aliphatic rings. The molecule has 2 N–H and O–H groups in total. The lowest BCUT2D eigenvalue weighted by Gasteiger charge is -2.09. The van der Waals surface area contributed by atoms with Crippen molar-refractivity contribution in [1.82, 2.24) is 9.55 Å². The monoisotopic (exact) mass is 285 g/mol. The Bertz CT molecular complexity index is 629. The lowest BCUT2D eigenvalue weighted by atomic mass is 10.1. The van der Waals surface area contributed by atoms with Crippen molar-refractivity contribution in [3.05, 3.63) is 30.1 Å². The summed E-state index contributed by atoms with van der Waals surface area (Å²) in [5, 5.41) is 0. The van der Waals surface area contributed by atoms with Crippen LogP contribution in [0.15, 0.2) is 24.3 Å². The van der Waals surface area contributed by atoms with E-state index in [0.717, 1.165) is 41.6 Å². The van der Waals surface area contributed by atoms with E-state index in [2.05, 4.69) is 11.5 Å². The maximum Gasteiger partial charge on any atom is 0.131 e. The van der Waals surface area contributed by atoms with Gasteiger partial charge in [-0.05, 0) is 38.3 Å². The van der Waals surface area contributed by atoms with Crippen LogP contribution >= 0.6 is 0 Å². The standard InChI is InChI=1S/C17H23N3O/c1-3-11-20-16(18)15(19-17(20)12-9-10-12)13-7-5-6-8-14(13)21-4-2/h5-8,12H,3-4,9-11,18H2,1-2H3. The maximum absolute atomic E-state index is 6.40. The first kappa shape index (κ1) is 14.0. The molecular formula is C17H23N3O. The van der Waals surface area contributed by atoms with Crippen molar-refractivity contribution < 1.29 is 4.74 Å². The first-order valence-corrected chi connectivity index (χ1v) is 7.84. The highest BCUT2D eigenvalue weighted by Crippen LogP contribution is 2.43. The Balaban J connectivity index is 2.08. The van der Waals surface area contributed by atoms with Crippen LogP contribution in [0, 0.1) is 0 Å². The van der Waals surface area contributed by atoms with Crippen LogP contribution in [0.2, 0.25) is 0 Å². The second-order valence-electron chi connectivity index (χ2n) is 5.56. The van der Waals surface area contributed by atoms with E-state index in [4.69, 9.17) is 15.5 Å². The lowest BCUT2D eigenvalue weighted by Crippen LogP contribution is -2.06. The summed E-state index contributed by atoms with van der Waals surface area (Å²) in [6.07, 6.45) is 3.52. The summed E-state index contributed by atoms with van der Waals surface area (Å²) in [6, 6.07) is 8.01. The Morgan fingerprint density at radius 1 is 1.29 bits per heavy atom. The number of imidazole rings is 1. The van der Waals surface area contributed by atoms with Crippen LogP contribution in [0.3, 0.4) is 0 Å². The summed E-state index contributed by atoms with van der Waals surface area (Å²) in [5.74, 6) is 3.36. The Morgan fingerprint density at radius 2 is 2.05 bits per heavy atom. The number of nitrogens with two attached hydrogens (primary N) is 1. The van der Waals surface area contributed by atoms with Crippen molar-refractivity contribution in [2.24, 2.45) is 0 Å². The molecule has 1 heterocycles. The number of nitrogens with zero attached hydrogens (tertiary/aromatic N) is 2. The minimum absolute atomic E-state index is 0.590. The minimum atomic E-state index is 0.590. The van der Waals surface area contributed by atoms with E-state index in [1.807, 2.05) is 31.2 Å². The van der Waals surface area contributed by atoms with E-state index in [-0.39, 0.29) is 0 Å². The molecule has 0 radical (unpaired) electrons. The first-order valence-electron chi connectivity index (χ1n) is 7.84. The molecule has 0 aliphatic heterocycles. The number of anilines is 1. The van der Waals surface area contributed by atoms with Gasteiger partial charge in [-0.3, -0.25) is 0 Å². The molecule has 0 atom stereocenters. The van der Waals surface area contributed by atoms with E-state index >= 15 is 0 Å². The summed E-state index contributed by atoms with van der Waals surface area (Å²) < 4.78 is 7.92. The second-order valence-corrected chi connectivity index (χ2v) is 5.56. The number of benzene rings is 1. The molecule has 4 nitrogen and oxygen atoms in total. The molecule has 0 bridgehead atoms. The molecule has 1 aromatic carbocycles. The second kappa shape index (κ2) is 5.80. The number of para-hydroxylation sites is 1. The fourth-order valence-corrected chi connectivity index (χ4v) is 2.74. The highest BCUT2D eigenvalue weighted by molar-refractivity contribution is 5.76. The van der Waals surface area contributed by atoms with Gasteiger partial charge >= 0.3 is 0 Å². The highest BCUT2D eigenvalue weighted by Gasteiger charge is 2.31. The SMILES string of the molecule is CCCn1c(C2CC2)nc(-c2ccccc2OCC)c1N. The summed E-state index contributed by atoms with van der Waals surface area (Å²) in [5.41, 5.74) is 8.26. The third kappa shape index (κ3) is 2.62. The molecule has 1 aromatic heterocycles. The van der Waals surface area contributed by atoms with Gasteiger partial charge in [-0.15, -0.1) is 0 Å². The van der Waals surface area contributed by atoms with Crippen LogP contribution in [0.4, 0.5) is 5.82 Å². The molecule has 0 unspecified atom stereocenters. The Morgan fingerprint density at radius 3 is 2.71 bits per heavy atom. The molecule has 112 valence electrons. The van der Waals surface area contributed by atoms with Gasteiger partial charge < -0.3 is 15.0 Å². The largest absolute Gasteiger partial charge is 0.493 e. The van der Waals surface area contributed by atoms with E-state index < -0.39 is 0 Å². The van der Waals surface area contributed by atoms with Crippen LogP contribution in [-0.4, -0.2) is 16.2 Å². The molecule has 1 saturated carbocycles. The van der Waals surface area contributed by atoms with Crippen molar-refractivity contribution in [2.45, 2.75) is 45.6 Å². The zero-order chi connectivity index (χ0) is 14.8. The van der Waals surface area contributed by atoms with Gasteiger partial charge in [-0.2, -0.15) is 0 Å². The number of nitrogen functional groups attached to an aromatic ring is 1. The number of ether oxygens (including phenoxy) is 1. The zero-order valence-electron chi connectivity index (χ0n) is 12.8. The van der Waals surface area contributed by atoms with Crippen LogP contribution < -0.4 is 10.5 Å². The van der Waals surface area contributed by atoms with Crippen LogP contribution in [0.25, 0.3) is 11.3 Å². The van der Waals surface area contributed by atoms with Gasteiger partial charge in [0, 0.05) is 18.0 Å². The smallest absolute Gasteiger partial charge is 0.131 e. The molecule has 0 saturated heterocycles. The number of rotatable bonds is 6. The van der Waals surface area contributed by atoms with Gasteiger partial charge in [0.15, 0.2) is 0 Å². The van der Waals surface area contributed by atoms with Gasteiger partial charge in [0.25, 0.3) is 0 Å². The quantitative estimate of drug-likeness (QED) is 0.878. The van der Waals surface area contributed by atoms with Crippen LogP contribution in [0.5, 0.6) is 5.75 Å². The average Bonchev–Trinajstić information content (AvgIpc) is 3.28. The number of hydrogen-bond acceptors (Lipinski definition) is 3. The molecule has 0 amide bonds. The minimum Gasteiger partial charge on any atom is -0.493 e. The summed E-state index contributed by atoms with van der Waals surface area (Å²) in [7, 11) is 0. The van der Waals surface area contributed by atoms with Crippen molar-refractivity contribution in [1.29, 1.82) is 0 Å². The van der Waals surface area contributed by atoms with Crippen molar-refractivity contribution in [3.8, 4) is 17.0 Å². The van der Waals surface area contributed by atoms with Gasteiger partial charge in [0.1, 0.15) is 23.1 Å². The van der Waals surface area contributed by atoms with Gasteiger partial charge in [-0.1, -0.05) is 19.1 Å². The predicted molar refractivity (Wildman–Crippen MR) is 85.5 cm³/mol. The molecule has 1 aliphatic carbocycles. The molecule has 2 aromatic rings. The summed E-state index contributed by atoms with van der Waals surface area (Å²) in [4.78, 5) is 4.86. The Kier molecular flexibility index (Phi) is 3.86. The van der Waals surface area contributed by atoms with E-state index in [9.17, 15) is 0 Å². The van der Waals surface area contributed by atoms with Crippen molar-refractivity contribution >= 4 is 5.82 Å². The van der Waals surface area contributed by atoms with Gasteiger partial charge in [0.05, 0.1) is 6.61 Å². The number of aromatic nitrogens is 2. The first-order chi connectivity index (χ1) is 10.3. The fourth-order valence-electron chi connectivity index (χ4n) is 2.74. The molecule has 0 spiro atoms. The topological polar surface area (TPSA) is 53.1 Å². The molecular weight excluding hydrogens is 262 g/mol. The van der Waals surface area contributed by atoms with E-state index in [0.29, 0.717) is 12.5 Å². The summed E-state index contributed by atoms with van der Waals surface area (Å²) in [6.45, 7) is 5.74. The molecule has 21 heavy (non-hydrogen) atoms. The predicted octanol–water partition coefficient (Wildman–Crippen LogP) is 3.82. The molecule has 4 heteroatoms. The number of hydrogen-bond donors (Lipinski definition) is 1. The molecule has 3 rings (SSSR count). The van der Waals surface area contributed by atoms with Crippen molar-refractivity contribution in [2.75, 3.05) is 12.3 Å². The summed E-state index contributed by atoms with van der Waals surface area (Å²) >= 11 is 0. The van der Waals surface area contributed by atoms with Gasteiger partial charge in [0.2, 0.25) is 0 Å². The molecule has 1 fully saturated rings. The normalized spacial score (nSPS) is 14.4. The highest BCUT2D eigenvalue weighted by atomic mass is 16.5. The third-order valence-corrected chi connectivity index (χ3v) is 3.87. The Hall–Kier alpha value is -1.97. The van der Waals surface area contributed by atoms with Crippen LogP contribution in [-0.2, 0) is 6.54 Å². The average molecular weight is 285 g/mol. The van der Waals surface area contributed by atoms with Gasteiger partial charge in [-0.25, -0.2) is 4.98 Å². The fraction of sp³-hybridized carbons (Fsp3) is 0.471. The van der Waals surface area contributed by atoms with E-state index in [1.54, 1.807) is 0 Å². The Labute approximate surface area is 125 Å². The maximum atomic E-state index is 6.40. The third-order valence-electron chi connectivity index (χ3n) is 3.87. The van der Waals surface area contributed by atoms with Crippen molar-refractivity contribution in [3.63, 3.8) is 0 Å². The zero-order valence-corrected chi connectivity index (χ0v) is 12.8. The lowest BCUT2D eigenvalue weighted by molar-refractivity contribution is 0.341.